The van der Waals surface area contributed by atoms with Crippen molar-refractivity contribution >= 4 is 17.8 Å². The molecule has 40 heavy (non-hydrogen) atoms. The van der Waals surface area contributed by atoms with Crippen molar-refractivity contribution in [2.75, 3.05) is 18.0 Å². The third-order valence-corrected chi connectivity index (χ3v) is 6.94. The quantitative estimate of drug-likeness (QED) is 0.483. The highest BCUT2D eigenvalue weighted by atomic mass is 19.1. The van der Waals surface area contributed by atoms with Crippen molar-refractivity contribution in [3.05, 3.63) is 59.2 Å². The lowest BCUT2D eigenvalue weighted by molar-refractivity contribution is -0.0530. The third kappa shape index (κ3) is 4.47. The number of nitriles is 1. The average molecular weight is 547 g/mol. The summed E-state index contributed by atoms with van der Waals surface area (Å²) in [4.78, 5) is 34.0. The molecule has 0 radical (unpaired) electrons. The minimum atomic E-state index is -0.821. The molecule has 3 atom stereocenters. The van der Waals surface area contributed by atoms with E-state index in [0.29, 0.717) is 24.6 Å². The molecule has 0 spiro atoms. The average Bonchev–Trinajstić information content (AvgIpc) is 3.65. The maximum absolute atomic E-state index is 15.0. The number of amides is 2. The first-order valence-electron chi connectivity index (χ1n) is 12.9. The summed E-state index contributed by atoms with van der Waals surface area (Å²) in [6.07, 6.45) is 0.495. The van der Waals surface area contributed by atoms with E-state index in [1.54, 1.807) is 33.0 Å². The summed E-state index contributed by atoms with van der Waals surface area (Å²) in [5.74, 6) is -0.597. The third-order valence-electron chi connectivity index (χ3n) is 6.94. The number of ether oxygens (including phenoxy) is 3. The van der Waals surface area contributed by atoms with Gasteiger partial charge in [-0.05, 0) is 45.9 Å². The topological polar surface area (TPSA) is 123 Å². The van der Waals surface area contributed by atoms with E-state index in [2.05, 4.69) is 4.98 Å². The van der Waals surface area contributed by atoms with E-state index in [4.69, 9.17) is 19.3 Å². The minimum absolute atomic E-state index is 0.000354. The second kappa shape index (κ2) is 9.39. The monoisotopic (exact) mass is 546 g/mol. The van der Waals surface area contributed by atoms with Crippen LogP contribution in [0.2, 0.25) is 0 Å². The van der Waals surface area contributed by atoms with Crippen LogP contribution in [0, 0.1) is 17.1 Å². The molecule has 0 aliphatic carbocycles. The first-order chi connectivity index (χ1) is 19.0. The van der Waals surface area contributed by atoms with E-state index in [1.807, 2.05) is 17.9 Å². The molecule has 5 heterocycles. The summed E-state index contributed by atoms with van der Waals surface area (Å²) in [7, 11) is 0. The molecule has 2 aromatic heterocycles. The lowest BCUT2D eigenvalue weighted by atomic mass is 10.0. The van der Waals surface area contributed by atoms with E-state index >= 15 is 4.39 Å². The zero-order valence-corrected chi connectivity index (χ0v) is 22.4. The van der Waals surface area contributed by atoms with Crippen LogP contribution in [0.4, 0.5) is 15.0 Å². The van der Waals surface area contributed by atoms with Crippen molar-refractivity contribution in [2.24, 2.45) is 0 Å². The van der Waals surface area contributed by atoms with Crippen LogP contribution in [0.1, 0.15) is 49.3 Å². The number of halogens is 1. The number of carbonyl (C=O) groups is 2. The van der Waals surface area contributed by atoms with Crippen molar-refractivity contribution in [2.45, 2.75) is 58.3 Å². The molecular weight excluding hydrogens is 519 g/mol. The Bertz CT molecular complexity index is 1560. The van der Waals surface area contributed by atoms with Gasteiger partial charge in [-0.3, -0.25) is 4.79 Å². The number of aromatic nitrogens is 3. The summed E-state index contributed by atoms with van der Waals surface area (Å²) in [6.45, 7) is 8.00. The number of pyridine rings is 1. The molecule has 2 fully saturated rings. The molecular formula is C28H27FN6O5. The fourth-order valence-electron chi connectivity index (χ4n) is 5.27. The van der Waals surface area contributed by atoms with Crippen LogP contribution in [-0.2, 0) is 20.8 Å². The van der Waals surface area contributed by atoms with Crippen molar-refractivity contribution in [3.63, 3.8) is 0 Å². The molecule has 3 aliphatic heterocycles. The molecule has 1 aromatic carbocycles. The molecule has 11 nitrogen and oxygen atoms in total. The van der Waals surface area contributed by atoms with Crippen LogP contribution >= 0.6 is 0 Å². The first kappa shape index (κ1) is 25.9. The molecule has 12 heteroatoms. The van der Waals surface area contributed by atoms with Gasteiger partial charge in [-0.25, -0.2) is 23.8 Å². The van der Waals surface area contributed by atoms with Crippen molar-refractivity contribution < 1.29 is 28.2 Å². The van der Waals surface area contributed by atoms with Gasteiger partial charge in [0.25, 0.3) is 5.91 Å². The molecule has 1 unspecified atom stereocenters. The van der Waals surface area contributed by atoms with Gasteiger partial charge in [-0.2, -0.15) is 10.4 Å². The van der Waals surface area contributed by atoms with Gasteiger partial charge in [-0.1, -0.05) is 6.07 Å². The lowest BCUT2D eigenvalue weighted by Crippen LogP contribution is -2.37. The largest absolute Gasteiger partial charge is 0.443 e. The van der Waals surface area contributed by atoms with Crippen LogP contribution in [0.15, 0.2) is 36.5 Å². The van der Waals surface area contributed by atoms with Gasteiger partial charge >= 0.3 is 6.09 Å². The Kier molecular flexibility index (Phi) is 6.08. The van der Waals surface area contributed by atoms with Crippen LogP contribution in [0.25, 0.3) is 16.9 Å². The van der Waals surface area contributed by atoms with Crippen LogP contribution in [-0.4, -0.2) is 68.9 Å². The Balaban J connectivity index is 1.42. The molecule has 3 aromatic rings. The SMILES string of the molecule is CC1O[C@H]2CN(c3ccn(-c4cc(-c5c(F)cccc5C#N)nc5c4C(=O)N(C(=O)OC(C)(C)C)C5)n3)C[C@H]2O1. The molecule has 3 aliphatic rings. The number of anilines is 1. The number of rotatable bonds is 3. The summed E-state index contributed by atoms with van der Waals surface area (Å²) in [5, 5.41) is 14.4. The van der Waals surface area contributed by atoms with Crippen LogP contribution in [0.3, 0.4) is 0 Å². The van der Waals surface area contributed by atoms with E-state index in [9.17, 15) is 14.9 Å². The van der Waals surface area contributed by atoms with E-state index in [0.717, 1.165) is 4.90 Å². The fourth-order valence-corrected chi connectivity index (χ4v) is 5.27. The predicted octanol–water partition coefficient (Wildman–Crippen LogP) is 3.79. The summed E-state index contributed by atoms with van der Waals surface area (Å²) < 4.78 is 33.6. The first-order valence-corrected chi connectivity index (χ1v) is 12.9. The van der Waals surface area contributed by atoms with Gasteiger partial charge in [0.05, 0.1) is 46.4 Å². The number of carbonyl (C=O) groups excluding carboxylic acids is 2. The number of hydrogen-bond donors (Lipinski definition) is 0. The minimum Gasteiger partial charge on any atom is -0.443 e. The highest BCUT2D eigenvalue weighted by Crippen LogP contribution is 2.35. The van der Waals surface area contributed by atoms with Gasteiger partial charge in [0.2, 0.25) is 0 Å². The highest BCUT2D eigenvalue weighted by molar-refractivity contribution is 6.08. The van der Waals surface area contributed by atoms with Crippen molar-refractivity contribution in [3.8, 4) is 23.0 Å². The van der Waals surface area contributed by atoms with Crippen molar-refractivity contribution in [1.29, 1.82) is 5.26 Å². The van der Waals surface area contributed by atoms with Gasteiger partial charge in [0.15, 0.2) is 12.1 Å². The fraction of sp³-hybridized carbons (Fsp3) is 0.393. The molecule has 0 saturated carbocycles. The zero-order valence-electron chi connectivity index (χ0n) is 22.4. The van der Waals surface area contributed by atoms with Gasteiger partial charge in [0.1, 0.15) is 23.6 Å². The van der Waals surface area contributed by atoms with Crippen LogP contribution < -0.4 is 4.90 Å². The van der Waals surface area contributed by atoms with Gasteiger partial charge < -0.3 is 19.1 Å². The highest BCUT2D eigenvalue weighted by Gasteiger charge is 2.43. The lowest BCUT2D eigenvalue weighted by Gasteiger charge is -2.23. The Morgan fingerprint density at radius 2 is 1.90 bits per heavy atom. The Morgan fingerprint density at radius 3 is 2.58 bits per heavy atom. The molecule has 206 valence electrons. The Morgan fingerprint density at radius 1 is 1.18 bits per heavy atom. The summed E-state index contributed by atoms with van der Waals surface area (Å²) in [6, 6.07) is 9.49. The van der Waals surface area contributed by atoms with E-state index in [1.165, 1.54) is 28.9 Å². The number of fused-ring (bicyclic) bond motifs is 2. The predicted molar refractivity (Wildman–Crippen MR) is 139 cm³/mol. The van der Waals surface area contributed by atoms with E-state index < -0.39 is 23.4 Å². The Labute approximate surface area is 229 Å². The molecule has 0 bridgehead atoms. The number of imide groups is 1. The smallest absolute Gasteiger partial charge is 0.417 e. The van der Waals surface area contributed by atoms with Gasteiger partial charge in [0, 0.05) is 25.4 Å². The van der Waals surface area contributed by atoms with Gasteiger partial charge in [-0.15, -0.1) is 0 Å². The van der Waals surface area contributed by atoms with E-state index in [-0.39, 0.29) is 53.1 Å². The maximum Gasteiger partial charge on any atom is 0.417 e. The Hall–Kier alpha value is -4.34. The number of benzene rings is 1. The second-order valence-corrected chi connectivity index (χ2v) is 10.9. The number of hydrogen-bond acceptors (Lipinski definition) is 9. The number of nitrogens with zero attached hydrogens (tertiary/aromatic N) is 6. The van der Waals surface area contributed by atoms with Crippen LogP contribution in [0.5, 0.6) is 0 Å². The molecule has 2 amide bonds. The molecule has 6 rings (SSSR count). The standard InChI is InChI=1S/C28H27FN6O5/c1-15-38-21-13-33(14-22(21)39-15)23-8-9-35(32-23)20-10-18(24-16(11-30)6-5-7-17(24)29)31-19-12-34(26(36)25(19)20)27(37)40-28(2,3)4/h5-10,15,21-22H,12-14H2,1-4H3/t15?,21-,22+. The normalized spacial score (nSPS) is 21.9. The molecule has 2 saturated heterocycles. The van der Waals surface area contributed by atoms with Crippen molar-refractivity contribution in [1.82, 2.24) is 19.7 Å². The summed E-state index contributed by atoms with van der Waals surface area (Å²) in [5.41, 5.74) is 0.113. The summed E-state index contributed by atoms with van der Waals surface area (Å²) >= 11 is 0. The second-order valence-electron chi connectivity index (χ2n) is 10.9. The zero-order chi connectivity index (χ0) is 28.3. The molecule has 0 N–H and O–H groups in total. The maximum atomic E-state index is 15.0.